The van der Waals surface area contributed by atoms with E-state index in [1.165, 1.54) is 4.31 Å². The Bertz CT molecular complexity index is 983. The van der Waals surface area contributed by atoms with Gasteiger partial charge >= 0.3 is 0 Å². The monoisotopic (exact) mass is 468 g/mol. The smallest absolute Gasteiger partial charge is 0.224 e. The number of rotatable bonds is 7. The molecule has 162 valence electrons. The number of amides is 1. The molecule has 0 aromatic heterocycles. The van der Waals surface area contributed by atoms with E-state index in [0.29, 0.717) is 41.5 Å². The average Bonchev–Trinajstić information content (AvgIpc) is 2.75. The number of sulfonamides is 1. The van der Waals surface area contributed by atoms with Gasteiger partial charge in [-0.15, -0.1) is 0 Å². The molecule has 30 heavy (non-hydrogen) atoms. The van der Waals surface area contributed by atoms with Crippen molar-refractivity contribution in [3.8, 4) is 0 Å². The Morgan fingerprint density at radius 1 is 1.17 bits per heavy atom. The normalized spacial score (nSPS) is 18.7. The fourth-order valence-corrected chi connectivity index (χ4v) is 5.56. The molecule has 1 aliphatic heterocycles. The van der Waals surface area contributed by atoms with Crippen molar-refractivity contribution in [1.82, 2.24) is 9.62 Å². The summed E-state index contributed by atoms with van der Waals surface area (Å²) in [7, 11) is -3.56. The summed E-state index contributed by atoms with van der Waals surface area (Å²) in [5, 5.41) is 3.71. The topological polar surface area (TPSA) is 66.5 Å². The Morgan fingerprint density at radius 2 is 1.90 bits per heavy atom. The Kier molecular flexibility index (Phi) is 7.80. The average molecular weight is 469 g/mol. The van der Waals surface area contributed by atoms with Crippen LogP contribution in [0, 0.1) is 5.92 Å². The van der Waals surface area contributed by atoms with Crippen LogP contribution in [-0.2, 0) is 20.6 Å². The Labute approximate surface area is 188 Å². The van der Waals surface area contributed by atoms with Crippen LogP contribution in [0.15, 0.2) is 48.5 Å². The molecule has 0 radical (unpaired) electrons. The van der Waals surface area contributed by atoms with Gasteiger partial charge in [0.2, 0.25) is 15.9 Å². The van der Waals surface area contributed by atoms with E-state index in [9.17, 15) is 13.2 Å². The van der Waals surface area contributed by atoms with Crippen molar-refractivity contribution in [2.75, 3.05) is 19.6 Å². The summed E-state index contributed by atoms with van der Waals surface area (Å²) < 4.78 is 27.2. The van der Waals surface area contributed by atoms with Gasteiger partial charge < -0.3 is 5.32 Å². The lowest BCUT2D eigenvalue weighted by Gasteiger charge is -2.31. The molecule has 1 amide bonds. The van der Waals surface area contributed by atoms with E-state index in [1.54, 1.807) is 18.2 Å². The van der Waals surface area contributed by atoms with Crippen molar-refractivity contribution in [2.45, 2.75) is 31.4 Å². The van der Waals surface area contributed by atoms with E-state index >= 15 is 0 Å². The Hall–Kier alpha value is -1.60. The molecule has 1 N–H and O–H groups in total. The van der Waals surface area contributed by atoms with E-state index in [4.69, 9.17) is 23.2 Å². The number of hydrogen-bond donors (Lipinski definition) is 1. The van der Waals surface area contributed by atoms with Crippen molar-refractivity contribution in [3.05, 3.63) is 69.7 Å². The second-order valence-corrected chi connectivity index (χ2v) is 10.5. The molecule has 2 aromatic rings. The van der Waals surface area contributed by atoms with Gasteiger partial charge in [0.1, 0.15) is 0 Å². The number of benzene rings is 2. The second-order valence-electron chi connectivity index (χ2n) is 7.76. The zero-order chi connectivity index (χ0) is 21.7. The molecule has 1 saturated heterocycles. The van der Waals surface area contributed by atoms with E-state index in [1.807, 2.05) is 30.3 Å². The molecule has 3 rings (SSSR count). The maximum Gasteiger partial charge on any atom is 0.224 e. The number of carbonyl (C=O) groups is 1. The minimum Gasteiger partial charge on any atom is -0.355 e. The lowest BCUT2D eigenvalue weighted by Crippen LogP contribution is -2.46. The summed E-state index contributed by atoms with van der Waals surface area (Å²) in [6.45, 7) is 3.21. The fourth-order valence-electron chi connectivity index (χ4n) is 3.64. The van der Waals surface area contributed by atoms with Gasteiger partial charge in [0.05, 0.1) is 21.7 Å². The van der Waals surface area contributed by atoms with Gasteiger partial charge in [0, 0.05) is 19.6 Å². The van der Waals surface area contributed by atoms with Crippen LogP contribution >= 0.6 is 23.2 Å². The molecule has 0 unspecified atom stereocenters. The van der Waals surface area contributed by atoms with E-state index < -0.39 is 10.0 Å². The summed E-state index contributed by atoms with van der Waals surface area (Å²) in [5.41, 5.74) is 1.74. The predicted molar refractivity (Wildman–Crippen MR) is 121 cm³/mol. The number of nitrogens with zero attached hydrogens (tertiary/aromatic N) is 1. The van der Waals surface area contributed by atoms with Gasteiger partial charge in [0.25, 0.3) is 0 Å². The molecule has 0 bridgehead atoms. The molecule has 0 saturated carbocycles. The van der Waals surface area contributed by atoms with Crippen molar-refractivity contribution in [2.24, 2.45) is 5.92 Å². The number of carbonyl (C=O) groups excluding carboxylic acids is 1. The SMILES string of the molecule is C[C@@H](CNC(=O)[C@H]1CCCN(S(=O)(=O)Cc2ccc(Cl)c(Cl)c2)C1)c1ccccc1. The highest BCUT2D eigenvalue weighted by Gasteiger charge is 2.32. The standard InChI is InChI=1S/C22H26Cl2N2O3S/c1-16(18-6-3-2-4-7-18)13-25-22(27)19-8-5-11-26(14-19)30(28,29)15-17-9-10-20(23)21(24)12-17/h2-4,6-7,9-10,12,16,19H,5,8,11,13-15H2,1H3,(H,25,27)/t16-,19-/m0/s1. The quantitative estimate of drug-likeness (QED) is 0.652. The minimum absolute atomic E-state index is 0.0905. The molecule has 2 aromatic carbocycles. The third kappa shape index (κ3) is 5.97. The van der Waals surface area contributed by atoms with E-state index in [0.717, 1.165) is 5.56 Å². The predicted octanol–water partition coefficient (Wildman–Crippen LogP) is 4.46. The van der Waals surface area contributed by atoms with Crippen LogP contribution in [0.2, 0.25) is 10.0 Å². The molecule has 5 nitrogen and oxygen atoms in total. The van der Waals surface area contributed by atoms with Crippen molar-refractivity contribution in [3.63, 3.8) is 0 Å². The number of nitrogens with one attached hydrogen (secondary N) is 1. The molecule has 1 fully saturated rings. The van der Waals surface area contributed by atoms with E-state index in [2.05, 4.69) is 12.2 Å². The molecular formula is C22H26Cl2N2O3S. The molecule has 8 heteroatoms. The molecule has 0 aliphatic carbocycles. The maximum absolute atomic E-state index is 12.9. The first-order valence-electron chi connectivity index (χ1n) is 10.0. The minimum atomic E-state index is -3.56. The summed E-state index contributed by atoms with van der Waals surface area (Å²) in [6.07, 6.45) is 1.34. The third-order valence-electron chi connectivity index (χ3n) is 5.43. The van der Waals surface area contributed by atoms with Crippen molar-refractivity contribution in [1.29, 1.82) is 0 Å². The van der Waals surface area contributed by atoms with Gasteiger partial charge in [-0.3, -0.25) is 4.79 Å². The lowest BCUT2D eigenvalue weighted by molar-refractivity contribution is -0.126. The largest absolute Gasteiger partial charge is 0.355 e. The summed E-state index contributed by atoms with van der Waals surface area (Å²) in [6, 6.07) is 14.8. The van der Waals surface area contributed by atoms with Crippen LogP contribution in [0.1, 0.15) is 36.8 Å². The van der Waals surface area contributed by atoms with Gasteiger partial charge in [-0.05, 0) is 42.0 Å². The van der Waals surface area contributed by atoms with Crippen molar-refractivity contribution >= 4 is 39.1 Å². The Balaban J connectivity index is 1.58. The van der Waals surface area contributed by atoms with Gasteiger partial charge in [0.15, 0.2) is 0 Å². The van der Waals surface area contributed by atoms with Crippen molar-refractivity contribution < 1.29 is 13.2 Å². The zero-order valence-electron chi connectivity index (χ0n) is 16.9. The number of hydrogen-bond acceptors (Lipinski definition) is 3. The number of piperidine rings is 1. The van der Waals surface area contributed by atoms with Crippen LogP contribution < -0.4 is 5.32 Å². The number of halogens is 2. The summed E-state index contributed by atoms with van der Waals surface area (Å²) in [5.74, 6) is -0.408. The Morgan fingerprint density at radius 3 is 2.60 bits per heavy atom. The van der Waals surface area contributed by atoms with Gasteiger partial charge in [-0.1, -0.05) is 66.5 Å². The summed E-state index contributed by atoms with van der Waals surface area (Å²) in [4.78, 5) is 12.7. The zero-order valence-corrected chi connectivity index (χ0v) is 19.2. The van der Waals surface area contributed by atoms with Crippen LogP contribution in [0.3, 0.4) is 0 Å². The third-order valence-corrected chi connectivity index (χ3v) is 7.99. The lowest BCUT2D eigenvalue weighted by atomic mass is 9.97. The van der Waals surface area contributed by atoms with Crippen LogP contribution in [0.4, 0.5) is 0 Å². The summed E-state index contributed by atoms with van der Waals surface area (Å²) >= 11 is 11.9. The van der Waals surface area contributed by atoms with Crippen LogP contribution in [0.25, 0.3) is 0 Å². The molecule has 1 heterocycles. The van der Waals surface area contributed by atoms with E-state index in [-0.39, 0.29) is 30.0 Å². The highest BCUT2D eigenvalue weighted by Crippen LogP contribution is 2.26. The first-order valence-corrected chi connectivity index (χ1v) is 12.4. The molecule has 2 atom stereocenters. The highest BCUT2D eigenvalue weighted by atomic mass is 35.5. The van der Waals surface area contributed by atoms with Gasteiger partial charge in [-0.2, -0.15) is 0 Å². The first-order chi connectivity index (χ1) is 14.3. The van der Waals surface area contributed by atoms with Crippen LogP contribution in [-0.4, -0.2) is 38.3 Å². The molecule has 0 spiro atoms. The highest BCUT2D eigenvalue weighted by molar-refractivity contribution is 7.88. The van der Waals surface area contributed by atoms with Gasteiger partial charge in [-0.25, -0.2) is 12.7 Å². The molecular weight excluding hydrogens is 443 g/mol. The molecule has 1 aliphatic rings. The first kappa shape index (κ1) is 23.1. The van der Waals surface area contributed by atoms with Crippen LogP contribution in [0.5, 0.6) is 0 Å². The maximum atomic E-state index is 12.9. The fraction of sp³-hybridized carbons (Fsp3) is 0.409. The second kappa shape index (κ2) is 10.1.